The first-order valence-corrected chi connectivity index (χ1v) is 8.66. The smallest absolute Gasteiger partial charge is 0.379 e. The Kier molecular flexibility index (Phi) is 4.94. The minimum Gasteiger partial charge on any atom is -0.497 e. The fourth-order valence-electron chi connectivity index (χ4n) is 2.67. The van der Waals surface area contributed by atoms with E-state index in [2.05, 4.69) is 4.99 Å². The number of aliphatic imine (C=N–C) groups is 1. The van der Waals surface area contributed by atoms with Crippen LogP contribution in [0.25, 0.3) is 6.08 Å². The number of nitrogens with zero attached hydrogens (tertiary/aromatic N) is 1. The van der Waals surface area contributed by atoms with Crippen LogP contribution in [0.4, 0.5) is 0 Å². The molecule has 1 aromatic heterocycles. The molecule has 1 aliphatic rings. The van der Waals surface area contributed by atoms with E-state index < -0.39 is 11.9 Å². The summed E-state index contributed by atoms with van der Waals surface area (Å²) in [5.41, 5.74) is 1.19. The van der Waals surface area contributed by atoms with Gasteiger partial charge < -0.3 is 18.6 Å². The molecule has 0 saturated heterocycles. The maximum Gasteiger partial charge on any atom is 0.379 e. The predicted molar refractivity (Wildman–Crippen MR) is 104 cm³/mol. The van der Waals surface area contributed by atoms with E-state index in [0.29, 0.717) is 16.9 Å². The highest BCUT2D eigenvalue weighted by Crippen LogP contribution is 2.26. The van der Waals surface area contributed by atoms with Gasteiger partial charge in [0.05, 0.1) is 13.4 Å². The van der Waals surface area contributed by atoms with Gasteiger partial charge in [-0.15, -0.1) is 0 Å². The molecular weight excluding hydrogens is 374 g/mol. The molecule has 2 heterocycles. The number of para-hydroxylation sites is 1. The lowest BCUT2D eigenvalue weighted by Crippen LogP contribution is -2.08. The van der Waals surface area contributed by atoms with Crippen molar-refractivity contribution in [2.24, 2.45) is 4.99 Å². The van der Waals surface area contributed by atoms with Crippen LogP contribution in [0, 0.1) is 0 Å². The lowest BCUT2D eigenvalue weighted by Gasteiger charge is -2.06. The minimum absolute atomic E-state index is 0.0751. The van der Waals surface area contributed by atoms with Gasteiger partial charge in [-0.1, -0.05) is 24.3 Å². The van der Waals surface area contributed by atoms with Crippen molar-refractivity contribution in [2.75, 3.05) is 7.11 Å². The van der Waals surface area contributed by atoms with Gasteiger partial charge in [0.1, 0.15) is 11.5 Å². The van der Waals surface area contributed by atoms with E-state index in [1.54, 1.807) is 61.7 Å². The maximum atomic E-state index is 12.3. The second kappa shape index (κ2) is 7.85. The summed E-state index contributed by atoms with van der Waals surface area (Å²) in [6, 6.07) is 16.9. The molecule has 0 fully saturated rings. The summed E-state index contributed by atoms with van der Waals surface area (Å²) < 4.78 is 20.9. The molecule has 0 atom stereocenters. The van der Waals surface area contributed by atoms with Crippen molar-refractivity contribution >= 4 is 23.9 Å². The molecule has 1 aliphatic heterocycles. The van der Waals surface area contributed by atoms with E-state index in [4.69, 9.17) is 18.6 Å². The Bertz CT molecular complexity index is 1130. The molecule has 7 heteroatoms. The van der Waals surface area contributed by atoms with E-state index in [-0.39, 0.29) is 23.1 Å². The fourth-order valence-corrected chi connectivity index (χ4v) is 2.67. The first-order valence-electron chi connectivity index (χ1n) is 8.66. The molecule has 4 rings (SSSR count). The van der Waals surface area contributed by atoms with Crippen molar-refractivity contribution in [2.45, 2.75) is 0 Å². The van der Waals surface area contributed by atoms with Crippen molar-refractivity contribution in [1.82, 2.24) is 0 Å². The zero-order valence-corrected chi connectivity index (χ0v) is 15.3. The van der Waals surface area contributed by atoms with E-state index in [1.165, 1.54) is 18.4 Å². The molecule has 0 saturated carbocycles. The number of esters is 2. The van der Waals surface area contributed by atoms with Gasteiger partial charge in [-0.3, -0.25) is 0 Å². The average Bonchev–Trinajstić information content (AvgIpc) is 3.40. The Morgan fingerprint density at radius 1 is 1.07 bits per heavy atom. The van der Waals surface area contributed by atoms with Crippen LogP contribution in [-0.2, 0) is 9.53 Å². The van der Waals surface area contributed by atoms with Gasteiger partial charge in [0.25, 0.3) is 0 Å². The van der Waals surface area contributed by atoms with Crippen molar-refractivity contribution < 1.29 is 28.2 Å². The molecule has 0 N–H and O–H groups in total. The van der Waals surface area contributed by atoms with E-state index in [0.717, 1.165) is 0 Å². The Balaban J connectivity index is 1.63. The molecular formula is C22H15NO6. The first-order chi connectivity index (χ1) is 14.1. The third-order valence-electron chi connectivity index (χ3n) is 4.07. The zero-order valence-electron chi connectivity index (χ0n) is 15.3. The molecule has 0 aliphatic carbocycles. The SMILES string of the molecule is COc1cccc(C2=N/C(=C\c3ccccc3OC(=O)c3ccco3)C(=O)O2)c1. The van der Waals surface area contributed by atoms with Gasteiger partial charge in [0.15, 0.2) is 5.70 Å². The number of carbonyl (C=O) groups excluding carboxylic acids is 2. The number of rotatable bonds is 5. The topological polar surface area (TPSA) is 87.3 Å². The van der Waals surface area contributed by atoms with Crippen LogP contribution in [0.1, 0.15) is 21.7 Å². The summed E-state index contributed by atoms with van der Waals surface area (Å²) in [6.45, 7) is 0. The molecule has 7 nitrogen and oxygen atoms in total. The normalized spacial score (nSPS) is 14.4. The van der Waals surface area contributed by atoms with Crippen LogP contribution < -0.4 is 9.47 Å². The third kappa shape index (κ3) is 3.93. The lowest BCUT2D eigenvalue weighted by atomic mass is 10.1. The Labute approximate surface area is 165 Å². The largest absolute Gasteiger partial charge is 0.497 e. The number of hydrogen-bond acceptors (Lipinski definition) is 7. The molecule has 0 radical (unpaired) electrons. The number of methoxy groups -OCH3 is 1. The van der Waals surface area contributed by atoms with Crippen LogP contribution in [0.5, 0.6) is 11.5 Å². The van der Waals surface area contributed by atoms with E-state index in [9.17, 15) is 9.59 Å². The molecule has 2 aromatic carbocycles. The standard InChI is InChI=1S/C22H15NO6/c1-26-16-8-4-7-15(12-16)20-23-17(21(24)29-20)13-14-6-2-3-9-18(14)28-22(25)19-10-5-11-27-19/h2-13H,1H3/b17-13-. The van der Waals surface area contributed by atoms with Gasteiger partial charge in [0.2, 0.25) is 11.7 Å². The van der Waals surface area contributed by atoms with Gasteiger partial charge in [-0.05, 0) is 42.5 Å². The summed E-state index contributed by atoms with van der Waals surface area (Å²) in [7, 11) is 1.55. The second-order valence-corrected chi connectivity index (χ2v) is 5.97. The highest BCUT2D eigenvalue weighted by atomic mass is 16.6. The van der Waals surface area contributed by atoms with Gasteiger partial charge >= 0.3 is 11.9 Å². The van der Waals surface area contributed by atoms with Gasteiger partial charge in [0, 0.05) is 11.1 Å². The summed E-state index contributed by atoms with van der Waals surface area (Å²) in [4.78, 5) is 28.7. The number of carbonyl (C=O) groups is 2. The highest BCUT2D eigenvalue weighted by molar-refractivity contribution is 6.13. The van der Waals surface area contributed by atoms with Crippen LogP contribution in [0.3, 0.4) is 0 Å². The molecule has 3 aromatic rings. The van der Waals surface area contributed by atoms with Crippen molar-refractivity contribution in [1.29, 1.82) is 0 Å². The Morgan fingerprint density at radius 3 is 2.72 bits per heavy atom. The number of ether oxygens (including phenoxy) is 3. The molecule has 0 unspecified atom stereocenters. The van der Waals surface area contributed by atoms with Crippen molar-refractivity contribution in [3.63, 3.8) is 0 Å². The summed E-state index contributed by atoms with van der Waals surface area (Å²) in [6.07, 6.45) is 2.88. The second-order valence-electron chi connectivity index (χ2n) is 5.97. The van der Waals surface area contributed by atoms with E-state index in [1.807, 2.05) is 0 Å². The fraction of sp³-hybridized carbons (Fsp3) is 0.0455. The van der Waals surface area contributed by atoms with Crippen LogP contribution in [0.2, 0.25) is 0 Å². The number of benzene rings is 2. The van der Waals surface area contributed by atoms with Gasteiger partial charge in [-0.25, -0.2) is 14.6 Å². The predicted octanol–water partition coefficient (Wildman–Crippen LogP) is 3.85. The Hall–Kier alpha value is -4.13. The maximum absolute atomic E-state index is 12.3. The zero-order chi connectivity index (χ0) is 20.2. The van der Waals surface area contributed by atoms with Gasteiger partial charge in [-0.2, -0.15) is 0 Å². The number of hydrogen-bond donors (Lipinski definition) is 0. The molecule has 0 spiro atoms. The average molecular weight is 389 g/mol. The summed E-state index contributed by atoms with van der Waals surface area (Å²) >= 11 is 0. The Morgan fingerprint density at radius 2 is 1.93 bits per heavy atom. The monoisotopic (exact) mass is 389 g/mol. The molecule has 29 heavy (non-hydrogen) atoms. The molecule has 0 amide bonds. The van der Waals surface area contributed by atoms with Crippen LogP contribution in [0.15, 0.2) is 82.0 Å². The summed E-state index contributed by atoms with van der Waals surface area (Å²) in [5, 5.41) is 0. The molecule has 144 valence electrons. The number of cyclic esters (lactones) is 1. The summed E-state index contributed by atoms with van der Waals surface area (Å²) in [5.74, 6) is -0.116. The molecule has 0 bridgehead atoms. The van der Waals surface area contributed by atoms with Crippen LogP contribution in [-0.4, -0.2) is 24.9 Å². The first kappa shape index (κ1) is 18.2. The van der Waals surface area contributed by atoms with Crippen molar-refractivity contribution in [3.05, 3.63) is 89.5 Å². The quantitative estimate of drug-likeness (QED) is 0.374. The van der Waals surface area contributed by atoms with Crippen molar-refractivity contribution in [3.8, 4) is 11.5 Å². The lowest BCUT2D eigenvalue weighted by molar-refractivity contribution is -0.129. The van der Waals surface area contributed by atoms with Crippen LogP contribution >= 0.6 is 0 Å². The van der Waals surface area contributed by atoms with E-state index >= 15 is 0 Å². The number of furan rings is 1. The minimum atomic E-state index is -0.643. The highest BCUT2D eigenvalue weighted by Gasteiger charge is 2.25. The third-order valence-corrected chi connectivity index (χ3v) is 4.07.